The maximum atomic E-state index is 12.6. The number of carbonyl (C=O) groups excluding carboxylic acids is 2. The molecule has 1 N–H and O–H groups in total. The lowest BCUT2D eigenvalue weighted by Gasteiger charge is -2.19. The summed E-state index contributed by atoms with van der Waals surface area (Å²) in [6.45, 7) is 10.1. The van der Waals surface area contributed by atoms with Crippen molar-refractivity contribution in [2.24, 2.45) is 0 Å². The fraction of sp³-hybridized carbons (Fsp3) is 0.350. The second kappa shape index (κ2) is 8.59. The molecule has 1 heterocycles. The van der Waals surface area contributed by atoms with Gasteiger partial charge in [-0.15, -0.1) is 11.3 Å². The second-order valence-corrected chi connectivity index (χ2v) is 8.73. The van der Waals surface area contributed by atoms with Gasteiger partial charge in [0.05, 0.1) is 11.5 Å². The molecule has 0 saturated heterocycles. The average molecular weight is 403 g/mol. The van der Waals surface area contributed by atoms with E-state index in [1.807, 2.05) is 17.5 Å². The van der Waals surface area contributed by atoms with Crippen molar-refractivity contribution in [2.75, 3.05) is 11.9 Å². The highest BCUT2D eigenvalue weighted by molar-refractivity contribution is 8.04. The van der Waals surface area contributed by atoms with Crippen molar-refractivity contribution >= 4 is 40.0 Å². The number of nitriles is 1. The molecule has 0 unspecified atom stereocenters. The Kier molecular flexibility index (Phi) is 6.68. The van der Waals surface area contributed by atoms with E-state index < -0.39 is 5.97 Å². The Balaban J connectivity index is 2.30. The van der Waals surface area contributed by atoms with Crippen LogP contribution in [0.2, 0.25) is 0 Å². The largest absolute Gasteiger partial charge is 0.462 e. The first-order chi connectivity index (χ1) is 12.7. The van der Waals surface area contributed by atoms with E-state index in [9.17, 15) is 9.59 Å². The zero-order valence-corrected chi connectivity index (χ0v) is 17.6. The van der Waals surface area contributed by atoms with E-state index in [4.69, 9.17) is 10.00 Å². The molecule has 0 atom stereocenters. The van der Waals surface area contributed by atoms with E-state index in [0.29, 0.717) is 25.9 Å². The summed E-state index contributed by atoms with van der Waals surface area (Å²) >= 11 is 2.05. The van der Waals surface area contributed by atoms with E-state index in [1.165, 1.54) is 0 Å². The maximum absolute atomic E-state index is 12.6. The monoisotopic (exact) mass is 402 g/mol. The van der Waals surface area contributed by atoms with Gasteiger partial charge in [0.25, 0.3) is 5.91 Å². The third-order valence-electron chi connectivity index (χ3n) is 3.94. The van der Waals surface area contributed by atoms with Crippen LogP contribution in [0.25, 0.3) is 0 Å². The molecule has 0 radical (unpaired) electrons. The lowest BCUT2D eigenvalue weighted by Crippen LogP contribution is -2.14. The number of benzene rings is 1. The number of esters is 1. The van der Waals surface area contributed by atoms with Crippen LogP contribution in [0.5, 0.6) is 0 Å². The van der Waals surface area contributed by atoms with Gasteiger partial charge in [-0.2, -0.15) is 5.26 Å². The number of thiophene rings is 1. The first kappa shape index (κ1) is 21.0. The van der Waals surface area contributed by atoms with Crippen molar-refractivity contribution in [1.29, 1.82) is 5.26 Å². The Bertz CT molecular complexity index is 888. The van der Waals surface area contributed by atoms with Crippen LogP contribution in [0.15, 0.2) is 29.2 Å². The Morgan fingerprint density at radius 1 is 1.26 bits per heavy atom. The van der Waals surface area contributed by atoms with Crippen molar-refractivity contribution < 1.29 is 14.3 Å². The summed E-state index contributed by atoms with van der Waals surface area (Å²) in [5.74, 6) is -0.735. The van der Waals surface area contributed by atoms with Crippen molar-refractivity contribution in [3.63, 3.8) is 0 Å². The molecule has 7 heteroatoms. The molecule has 0 saturated carbocycles. The molecule has 0 aliphatic rings. The van der Waals surface area contributed by atoms with Crippen LogP contribution in [0.3, 0.4) is 0 Å². The van der Waals surface area contributed by atoms with Crippen molar-refractivity contribution in [3.05, 3.63) is 45.8 Å². The summed E-state index contributed by atoms with van der Waals surface area (Å²) in [5.41, 5.74) is 2.30. The number of nitrogens with zero attached hydrogens (tertiary/aromatic N) is 1. The number of thiocyanates is 1. The van der Waals surface area contributed by atoms with Gasteiger partial charge < -0.3 is 10.1 Å². The van der Waals surface area contributed by atoms with Crippen molar-refractivity contribution in [2.45, 2.75) is 44.9 Å². The molecule has 2 aromatic rings. The first-order valence-electron chi connectivity index (χ1n) is 8.47. The third-order valence-corrected chi connectivity index (χ3v) is 6.06. The Morgan fingerprint density at radius 3 is 2.41 bits per heavy atom. The van der Waals surface area contributed by atoms with E-state index in [2.05, 4.69) is 26.1 Å². The molecule has 1 amide bonds. The van der Waals surface area contributed by atoms with Gasteiger partial charge in [0, 0.05) is 5.56 Å². The number of amides is 1. The molecule has 27 heavy (non-hydrogen) atoms. The number of hydrogen-bond acceptors (Lipinski definition) is 6. The highest BCUT2D eigenvalue weighted by Gasteiger charge is 2.23. The van der Waals surface area contributed by atoms with Crippen LogP contribution >= 0.6 is 23.1 Å². The number of anilines is 1. The molecule has 0 fully saturated rings. The molecular formula is C20H22N2O3S2. The van der Waals surface area contributed by atoms with E-state index >= 15 is 0 Å². The van der Waals surface area contributed by atoms with Gasteiger partial charge in [-0.1, -0.05) is 32.9 Å². The SMILES string of the molecule is CCOC(=O)c1sc(NC(=O)c2ccc(C(C)(C)C)cc2)c(SC#N)c1C. The zero-order chi connectivity index (χ0) is 20.2. The van der Waals surface area contributed by atoms with Crippen molar-refractivity contribution in [3.8, 4) is 5.40 Å². The minimum atomic E-state index is -0.449. The molecule has 0 aliphatic heterocycles. The smallest absolute Gasteiger partial charge is 0.348 e. The van der Waals surface area contributed by atoms with Crippen LogP contribution < -0.4 is 5.32 Å². The van der Waals surface area contributed by atoms with Crippen LogP contribution in [-0.4, -0.2) is 18.5 Å². The highest BCUT2D eigenvalue weighted by Crippen LogP contribution is 2.40. The number of thioether (sulfide) groups is 1. The molecule has 1 aromatic carbocycles. The standard InChI is InChI=1S/C20H22N2O3S2/c1-6-25-19(24)16-12(2)15(26-11-21)18(27-16)22-17(23)13-7-9-14(10-8-13)20(3,4)5/h7-10H,6H2,1-5H3,(H,22,23). The topological polar surface area (TPSA) is 79.2 Å². The van der Waals surface area contributed by atoms with Gasteiger partial charge >= 0.3 is 5.97 Å². The molecular weight excluding hydrogens is 380 g/mol. The van der Waals surface area contributed by atoms with Gasteiger partial charge in [0.1, 0.15) is 15.3 Å². The molecule has 2 rings (SSSR count). The maximum Gasteiger partial charge on any atom is 0.348 e. The van der Waals surface area contributed by atoms with Crippen LogP contribution in [0, 0.1) is 17.6 Å². The van der Waals surface area contributed by atoms with Crippen LogP contribution in [-0.2, 0) is 10.2 Å². The average Bonchev–Trinajstić information content (AvgIpc) is 2.91. The summed E-state index contributed by atoms with van der Waals surface area (Å²) < 4.78 is 5.06. The van der Waals surface area contributed by atoms with Gasteiger partial charge in [0.2, 0.25) is 0 Å². The van der Waals surface area contributed by atoms with Crippen LogP contribution in [0.4, 0.5) is 5.00 Å². The summed E-state index contributed by atoms with van der Waals surface area (Å²) in [4.78, 5) is 25.7. The Morgan fingerprint density at radius 2 is 1.89 bits per heavy atom. The third kappa shape index (κ3) is 4.90. The highest BCUT2D eigenvalue weighted by atomic mass is 32.2. The normalized spacial score (nSPS) is 11.0. The molecule has 5 nitrogen and oxygen atoms in total. The predicted molar refractivity (Wildman–Crippen MR) is 110 cm³/mol. The number of nitrogens with one attached hydrogen (secondary N) is 1. The summed E-state index contributed by atoms with van der Waals surface area (Å²) in [6, 6.07) is 7.42. The first-order valence-corrected chi connectivity index (χ1v) is 10.1. The van der Waals surface area contributed by atoms with Gasteiger partial charge in [-0.05, 0) is 54.3 Å². The fourth-order valence-electron chi connectivity index (χ4n) is 2.44. The van der Waals surface area contributed by atoms with E-state index in [1.54, 1.807) is 26.0 Å². The molecule has 0 spiro atoms. The van der Waals surface area contributed by atoms with Gasteiger partial charge in [0.15, 0.2) is 0 Å². The molecule has 1 aromatic heterocycles. The van der Waals surface area contributed by atoms with Gasteiger partial charge in [-0.3, -0.25) is 4.79 Å². The predicted octanol–water partition coefficient (Wildman–Crippen LogP) is 5.36. The Labute approximate surface area is 167 Å². The molecule has 0 aliphatic carbocycles. The summed E-state index contributed by atoms with van der Waals surface area (Å²) in [7, 11) is 0. The second-order valence-electron chi connectivity index (χ2n) is 6.91. The lowest BCUT2D eigenvalue weighted by molar-refractivity contribution is 0.0531. The lowest BCUT2D eigenvalue weighted by atomic mass is 9.87. The fourth-order valence-corrected chi connectivity index (χ4v) is 4.23. The number of carbonyl (C=O) groups is 2. The van der Waals surface area contributed by atoms with Gasteiger partial charge in [-0.25, -0.2) is 4.79 Å². The van der Waals surface area contributed by atoms with E-state index in [-0.39, 0.29) is 17.9 Å². The number of ether oxygens (including phenoxy) is 1. The zero-order valence-electron chi connectivity index (χ0n) is 16.0. The Hall–Kier alpha value is -2.30. The summed E-state index contributed by atoms with van der Waals surface area (Å²) in [6.07, 6.45) is 0. The number of hydrogen-bond donors (Lipinski definition) is 1. The quantitative estimate of drug-likeness (QED) is 0.414. The van der Waals surface area contributed by atoms with E-state index in [0.717, 1.165) is 28.7 Å². The summed E-state index contributed by atoms with van der Waals surface area (Å²) in [5, 5.41) is 14.4. The number of rotatable bonds is 5. The molecule has 0 bridgehead atoms. The van der Waals surface area contributed by atoms with Crippen LogP contribution in [0.1, 0.15) is 58.9 Å². The molecule has 142 valence electrons. The minimum absolute atomic E-state index is 0.00498. The van der Waals surface area contributed by atoms with Crippen molar-refractivity contribution in [1.82, 2.24) is 0 Å². The minimum Gasteiger partial charge on any atom is -0.462 e.